The van der Waals surface area contributed by atoms with Crippen molar-refractivity contribution in [1.82, 2.24) is 0 Å². The predicted octanol–water partition coefficient (Wildman–Crippen LogP) is 13.4. The number of esters is 2. The number of nitrogens with zero attached hydrogens (tertiary/aromatic N) is 1. The van der Waals surface area contributed by atoms with Gasteiger partial charge in [-0.1, -0.05) is 157 Å². The summed E-state index contributed by atoms with van der Waals surface area (Å²) in [7, 11) is 1.45. The van der Waals surface area contributed by atoms with Gasteiger partial charge in [0.1, 0.15) is 19.8 Å². The van der Waals surface area contributed by atoms with Crippen LogP contribution in [0.3, 0.4) is 0 Å². The van der Waals surface area contributed by atoms with Crippen molar-refractivity contribution in [3.8, 4) is 0 Å². The average molecular weight is 849 g/mol. The molecule has 10 heteroatoms. The van der Waals surface area contributed by atoms with Crippen molar-refractivity contribution in [3.63, 3.8) is 0 Å². The topological polar surface area (TPSA) is 108 Å². The smallest absolute Gasteiger partial charge is 0.462 e. The Morgan fingerprint density at radius 1 is 0.542 bits per heavy atom. The van der Waals surface area contributed by atoms with Crippen molar-refractivity contribution < 1.29 is 42.1 Å². The quantitative estimate of drug-likeness (QED) is 0.0213. The number of phosphoric acid groups is 1. The van der Waals surface area contributed by atoms with E-state index < -0.39 is 26.5 Å². The molecule has 0 fully saturated rings. The number of ether oxygens (including phenoxy) is 2. The van der Waals surface area contributed by atoms with Gasteiger partial charge in [-0.3, -0.25) is 18.6 Å². The fraction of sp³-hybridized carbons (Fsp3) is 0.714. The van der Waals surface area contributed by atoms with Crippen molar-refractivity contribution in [1.29, 1.82) is 0 Å². The number of phosphoric ester groups is 1. The fourth-order valence-electron chi connectivity index (χ4n) is 5.84. The monoisotopic (exact) mass is 849 g/mol. The second-order valence-electron chi connectivity index (χ2n) is 16.4. The lowest BCUT2D eigenvalue weighted by Gasteiger charge is -2.24. The van der Waals surface area contributed by atoms with E-state index in [9.17, 15) is 19.0 Å². The zero-order valence-corrected chi connectivity index (χ0v) is 39.1. The first-order valence-corrected chi connectivity index (χ1v) is 24.7. The molecule has 59 heavy (non-hydrogen) atoms. The van der Waals surface area contributed by atoms with Gasteiger partial charge in [-0.25, -0.2) is 4.57 Å². The van der Waals surface area contributed by atoms with Gasteiger partial charge in [0, 0.05) is 12.8 Å². The van der Waals surface area contributed by atoms with Crippen LogP contribution < -0.4 is 0 Å². The Morgan fingerprint density at radius 3 is 1.44 bits per heavy atom. The van der Waals surface area contributed by atoms with Crippen LogP contribution in [-0.4, -0.2) is 74.9 Å². The largest absolute Gasteiger partial charge is 0.472 e. The van der Waals surface area contributed by atoms with Gasteiger partial charge in [-0.15, -0.1) is 0 Å². The van der Waals surface area contributed by atoms with E-state index in [-0.39, 0.29) is 32.0 Å². The summed E-state index contributed by atoms with van der Waals surface area (Å²) < 4.78 is 34.3. The van der Waals surface area contributed by atoms with Gasteiger partial charge in [0.2, 0.25) is 0 Å². The molecular weight excluding hydrogens is 762 g/mol. The maximum Gasteiger partial charge on any atom is 0.472 e. The minimum absolute atomic E-state index is 0.0240. The van der Waals surface area contributed by atoms with Gasteiger partial charge in [0.05, 0.1) is 27.7 Å². The molecule has 2 unspecified atom stereocenters. The minimum atomic E-state index is -4.39. The molecule has 0 aromatic heterocycles. The number of allylic oxidation sites excluding steroid dienone is 12. The highest BCUT2D eigenvalue weighted by Crippen LogP contribution is 2.43. The van der Waals surface area contributed by atoms with Gasteiger partial charge in [0.25, 0.3) is 0 Å². The highest BCUT2D eigenvalue weighted by Gasteiger charge is 2.27. The number of carbonyl (C=O) groups excluding carboxylic acids is 2. The van der Waals surface area contributed by atoms with Crippen LogP contribution in [0.25, 0.3) is 0 Å². The van der Waals surface area contributed by atoms with Gasteiger partial charge in [0.15, 0.2) is 6.10 Å². The first-order valence-electron chi connectivity index (χ1n) is 23.2. The summed E-state index contributed by atoms with van der Waals surface area (Å²) in [6.07, 6.45) is 50.9. The van der Waals surface area contributed by atoms with E-state index in [1.807, 2.05) is 21.1 Å². The molecule has 0 saturated carbocycles. The van der Waals surface area contributed by atoms with Gasteiger partial charge < -0.3 is 18.9 Å². The number of quaternary nitrogens is 1. The zero-order chi connectivity index (χ0) is 43.6. The standard InChI is InChI=1S/C49H86NO8P/c1-6-8-10-12-14-16-18-20-22-23-24-25-26-27-28-30-32-34-36-38-40-42-49(52)58-47(46-57-59(53,54)56-44-43-50(3,4)5)45-55-48(51)41-39-37-35-33-31-29-21-19-17-15-13-11-9-7-2/h8,10,13-16,19-22,24-25,47H,6-7,9,11-12,17-18,23,26-46H2,1-5H3/p+1/b10-8-,15-13-,16-14-,21-19-,22-20-,25-24-. The highest BCUT2D eigenvalue weighted by atomic mass is 31.2. The van der Waals surface area contributed by atoms with Crippen molar-refractivity contribution in [2.75, 3.05) is 47.5 Å². The van der Waals surface area contributed by atoms with Crippen LogP contribution >= 0.6 is 7.82 Å². The third-order valence-corrected chi connectivity index (χ3v) is 10.5. The zero-order valence-electron chi connectivity index (χ0n) is 38.2. The van der Waals surface area contributed by atoms with Crippen molar-refractivity contribution in [3.05, 3.63) is 72.9 Å². The van der Waals surface area contributed by atoms with E-state index in [2.05, 4.69) is 86.8 Å². The molecule has 0 radical (unpaired) electrons. The molecular formula is C49H87NO8P+. The number of unbranched alkanes of at least 4 members (excludes halogenated alkanes) is 15. The summed E-state index contributed by atoms with van der Waals surface area (Å²) in [6, 6.07) is 0. The Morgan fingerprint density at radius 2 is 0.966 bits per heavy atom. The van der Waals surface area contributed by atoms with Crippen LogP contribution in [0.4, 0.5) is 0 Å². The molecule has 0 aromatic rings. The molecule has 9 nitrogen and oxygen atoms in total. The molecule has 0 aromatic carbocycles. The number of hydrogen-bond acceptors (Lipinski definition) is 7. The number of likely N-dealkylation sites (N-methyl/N-ethyl adjacent to an activating group) is 1. The van der Waals surface area contributed by atoms with Crippen LogP contribution in [0.1, 0.15) is 174 Å². The fourth-order valence-corrected chi connectivity index (χ4v) is 6.59. The number of rotatable bonds is 41. The predicted molar refractivity (Wildman–Crippen MR) is 247 cm³/mol. The van der Waals surface area contributed by atoms with E-state index >= 15 is 0 Å². The van der Waals surface area contributed by atoms with Gasteiger partial charge in [-0.2, -0.15) is 0 Å². The van der Waals surface area contributed by atoms with E-state index in [1.54, 1.807) is 0 Å². The number of carbonyl (C=O) groups is 2. The normalized spacial score (nSPS) is 14.2. The summed E-state index contributed by atoms with van der Waals surface area (Å²) in [6.45, 7) is 4.23. The third-order valence-electron chi connectivity index (χ3n) is 9.47. The molecule has 0 spiro atoms. The van der Waals surface area contributed by atoms with Gasteiger partial charge >= 0.3 is 19.8 Å². The van der Waals surface area contributed by atoms with E-state index in [1.165, 1.54) is 38.5 Å². The van der Waals surface area contributed by atoms with E-state index in [0.29, 0.717) is 17.4 Å². The molecule has 2 atom stereocenters. The Balaban J connectivity index is 4.35. The minimum Gasteiger partial charge on any atom is -0.462 e. The van der Waals surface area contributed by atoms with Crippen LogP contribution in [0.2, 0.25) is 0 Å². The maximum atomic E-state index is 12.7. The van der Waals surface area contributed by atoms with Crippen molar-refractivity contribution in [2.45, 2.75) is 180 Å². The van der Waals surface area contributed by atoms with Gasteiger partial charge in [-0.05, 0) is 77.0 Å². The molecule has 1 N–H and O–H groups in total. The first-order chi connectivity index (χ1) is 28.5. The third kappa shape index (κ3) is 44.8. The summed E-state index contributed by atoms with van der Waals surface area (Å²) in [5.74, 6) is -0.829. The molecule has 0 aliphatic heterocycles. The molecule has 0 amide bonds. The molecule has 0 heterocycles. The lowest BCUT2D eigenvalue weighted by Crippen LogP contribution is -2.37. The Kier molecular flexibility index (Phi) is 39.1. The molecule has 340 valence electrons. The SMILES string of the molecule is CC/C=C\C/C=C\C/C=C\C/C=C\CCCCCCCCCCC(=O)OC(COC(=O)CCCCCCC/C=C\C/C=C\CCCC)COP(=O)(O)OCC[N+](C)(C)C. The molecule has 0 rings (SSSR count). The summed E-state index contributed by atoms with van der Waals surface area (Å²) in [5.41, 5.74) is 0. The van der Waals surface area contributed by atoms with Crippen LogP contribution in [0.15, 0.2) is 72.9 Å². The summed E-state index contributed by atoms with van der Waals surface area (Å²) >= 11 is 0. The van der Waals surface area contributed by atoms with Crippen molar-refractivity contribution >= 4 is 19.8 Å². The first kappa shape index (κ1) is 56.5. The van der Waals surface area contributed by atoms with E-state index in [0.717, 1.165) is 103 Å². The molecule has 0 saturated heterocycles. The molecule has 0 aliphatic carbocycles. The Labute approximate surface area is 361 Å². The van der Waals surface area contributed by atoms with Crippen LogP contribution in [0, 0.1) is 0 Å². The Hall–Kier alpha value is -2.55. The molecule has 0 bridgehead atoms. The average Bonchev–Trinajstić information content (AvgIpc) is 3.19. The number of hydrogen-bond donors (Lipinski definition) is 1. The lowest BCUT2D eigenvalue weighted by molar-refractivity contribution is -0.870. The molecule has 0 aliphatic rings. The highest BCUT2D eigenvalue weighted by molar-refractivity contribution is 7.47. The summed E-state index contributed by atoms with van der Waals surface area (Å²) in [5, 5.41) is 0. The lowest BCUT2D eigenvalue weighted by atomic mass is 10.1. The van der Waals surface area contributed by atoms with Crippen LogP contribution in [0.5, 0.6) is 0 Å². The second kappa shape index (κ2) is 40.8. The maximum absolute atomic E-state index is 12.7. The van der Waals surface area contributed by atoms with Crippen molar-refractivity contribution in [2.24, 2.45) is 0 Å². The summed E-state index contributed by atoms with van der Waals surface area (Å²) in [4.78, 5) is 35.4. The Bertz CT molecular complexity index is 1230. The van der Waals surface area contributed by atoms with E-state index in [4.69, 9.17) is 18.5 Å². The second-order valence-corrected chi connectivity index (χ2v) is 17.9. The van der Waals surface area contributed by atoms with Crippen LogP contribution in [-0.2, 0) is 32.7 Å².